The molecule has 0 radical (unpaired) electrons. The maximum atomic E-state index is 12.8. The number of carbonyl (C=O) groups excluding carboxylic acids is 1. The van der Waals surface area contributed by atoms with E-state index in [-0.39, 0.29) is 17.8 Å². The van der Waals surface area contributed by atoms with Crippen molar-refractivity contribution in [2.45, 2.75) is 38.4 Å². The van der Waals surface area contributed by atoms with Crippen LogP contribution < -0.4 is 20.1 Å². The fraction of sp³-hybridized carbons (Fsp3) is 0.207. The van der Waals surface area contributed by atoms with Crippen molar-refractivity contribution in [3.8, 4) is 28.5 Å². The molecule has 0 saturated heterocycles. The topological polar surface area (TPSA) is 106 Å². The van der Waals surface area contributed by atoms with Crippen LogP contribution in [0.2, 0.25) is 0 Å². The van der Waals surface area contributed by atoms with Crippen LogP contribution >= 0.6 is 0 Å². The second kappa shape index (κ2) is 9.81. The molecule has 0 atom stereocenters. The number of carbonyl (C=O) groups is 1. The summed E-state index contributed by atoms with van der Waals surface area (Å²) in [6.45, 7) is 0.307. The zero-order valence-corrected chi connectivity index (χ0v) is 20.1. The number of anilines is 3. The molecule has 1 saturated carbocycles. The van der Waals surface area contributed by atoms with Gasteiger partial charge in [-0.2, -0.15) is 0 Å². The van der Waals surface area contributed by atoms with Gasteiger partial charge in [0.25, 0.3) is 5.91 Å². The first-order valence-electron chi connectivity index (χ1n) is 12.4. The van der Waals surface area contributed by atoms with E-state index in [1.165, 1.54) is 18.9 Å². The number of amides is 1. The van der Waals surface area contributed by atoms with Gasteiger partial charge in [0.2, 0.25) is 5.95 Å². The number of benzene rings is 3. The first kappa shape index (κ1) is 22.8. The van der Waals surface area contributed by atoms with E-state index in [9.17, 15) is 9.90 Å². The minimum atomic E-state index is -0.330. The highest BCUT2D eigenvalue weighted by atomic mass is 16.5. The van der Waals surface area contributed by atoms with Gasteiger partial charge in [-0.3, -0.25) is 4.79 Å². The Balaban J connectivity index is 1.39. The highest BCUT2D eigenvalue weighted by Crippen LogP contribution is 2.32. The standard InChI is InChI=1S/C29H26N4O4/c34-26-16-18-5-11-24(26)25-13-14-30-29(33-25)32-21-8-12-27(37-23-3-1-2-4-23)19(15-21)17-36-22-9-6-20(7-10-22)31-28(18)35/h5-16,23,34H,1-4,17H2,(H,31,35)(H,30,32,33). The monoisotopic (exact) mass is 494 g/mol. The number of phenolic OH excluding ortho intramolecular Hbond substituents is 1. The van der Waals surface area contributed by atoms with Crippen LogP contribution in [0.15, 0.2) is 72.9 Å². The molecular formula is C29H26N4O4. The van der Waals surface area contributed by atoms with Crippen LogP contribution in [-0.2, 0) is 6.61 Å². The Bertz CT molecular complexity index is 1450. The lowest BCUT2D eigenvalue weighted by atomic mass is 10.1. The van der Waals surface area contributed by atoms with Crippen molar-refractivity contribution < 1.29 is 19.4 Å². The summed E-state index contributed by atoms with van der Waals surface area (Å²) in [5, 5.41) is 16.8. The van der Waals surface area contributed by atoms with E-state index in [0.29, 0.717) is 40.8 Å². The summed E-state index contributed by atoms with van der Waals surface area (Å²) in [5.74, 6) is 1.46. The van der Waals surface area contributed by atoms with Crippen LogP contribution in [0.1, 0.15) is 41.6 Å². The number of nitrogens with one attached hydrogen (secondary N) is 2. The lowest BCUT2D eigenvalue weighted by Crippen LogP contribution is -2.13. The summed E-state index contributed by atoms with van der Waals surface area (Å²) < 4.78 is 12.4. The van der Waals surface area contributed by atoms with Gasteiger partial charge in [0.05, 0.1) is 11.8 Å². The van der Waals surface area contributed by atoms with E-state index >= 15 is 0 Å². The molecule has 1 aliphatic carbocycles. The highest BCUT2D eigenvalue weighted by Gasteiger charge is 2.19. The van der Waals surface area contributed by atoms with Crippen molar-refractivity contribution in [3.05, 3.63) is 84.1 Å². The maximum Gasteiger partial charge on any atom is 0.255 e. The number of phenols is 1. The summed E-state index contributed by atoms with van der Waals surface area (Å²) in [5.41, 5.74) is 3.67. The molecule has 3 aromatic carbocycles. The number of fused-ring (bicyclic) bond motifs is 2. The Hall–Kier alpha value is -4.59. The number of hydrogen-bond acceptors (Lipinski definition) is 7. The lowest BCUT2D eigenvalue weighted by molar-refractivity contribution is 0.102. The Morgan fingerprint density at radius 3 is 2.54 bits per heavy atom. The van der Waals surface area contributed by atoms with E-state index in [0.717, 1.165) is 29.8 Å². The number of nitrogens with zero attached hydrogens (tertiary/aromatic N) is 2. The summed E-state index contributed by atoms with van der Waals surface area (Å²) >= 11 is 0. The van der Waals surface area contributed by atoms with Gasteiger partial charge in [-0.1, -0.05) is 0 Å². The first-order valence-corrected chi connectivity index (χ1v) is 12.4. The molecule has 4 aromatic rings. The van der Waals surface area contributed by atoms with E-state index in [2.05, 4.69) is 20.6 Å². The van der Waals surface area contributed by atoms with Gasteiger partial charge in [0.15, 0.2) is 0 Å². The Morgan fingerprint density at radius 1 is 0.919 bits per heavy atom. The van der Waals surface area contributed by atoms with E-state index < -0.39 is 0 Å². The Labute approximate surface area is 214 Å². The van der Waals surface area contributed by atoms with Crippen LogP contribution in [-0.4, -0.2) is 27.1 Å². The molecule has 0 unspecified atom stereocenters. The molecular weight excluding hydrogens is 468 g/mol. The number of aromatic nitrogens is 2. The van der Waals surface area contributed by atoms with Crippen LogP contribution in [0.5, 0.6) is 17.2 Å². The molecule has 1 aromatic heterocycles. The molecule has 8 rings (SSSR count). The van der Waals surface area contributed by atoms with Crippen molar-refractivity contribution >= 4 is 23.2 Å². The predicted molar refractivity (Wildman–Crippen MR) is 140 cm³/mol. The average molecular weight is 495 g/mol. The molecule has 37 heavy (non-hydrogen) atoms. The SMILES string of the molecule is O=C1Nc2ccc(cc2)OCc2cc(ccc2OC2CCCC2)Nc2nccc(n2)-c2ccc1cc2O. The molecule has 0 spiro atoms. The van der Waals surface area contributed by atoms with Crippen LogP contribution in [0.4, 0.5) is 17.3 Å². The van der Waals surface area contributed by atoms with Crippen molar-refractivity contribution in [2.75, 3.05) is 10.6 Å². The zero-order valence-electron chi connectivity index (χ0n) is 20.1. The van der Waals surface area contributed by atoms with Crippen molar-refractivity contribution in [3.63, 3.8) is 0 Å². The zero-order chi connectivity index (χ0) is 25.2. The van der Waals surface area contributed by atoms with E-state index in [1.54, 1.807) is 36.5 Å². The second-order valence-electron chi connectivity index (χ2n) is 9.24. The number of rotatable bonds is 2. The molecule has 3 N–H and O–H groups in total. The smallest absolute Gasteiger partial charge is 0.255 e. The van der Waals surface area contributed by atoms with Gasteiger partial charge in [-0.15, -0.1) is 0 Å². The number of ether oxygens (including phenoxy) is 2. The van der Waals surface area contributed by atoms with Gasteiger partial charge in [0.1, 0.15) is 23.9 Å². The van der Waals surface area contributed by atoms with Crippen LogP contribution in [0.25, 0.3) is 11.3 Å². The summed E-state index contributed by atoms with van der Waals surface area (Å²) in [7, 11) is 0. The molecule has 1 amide bonds. The van der Waals surface area contributed by atoms with Crippen LogP contribution in [0, 0.1) is 0 Å². The molecule has 8 bridgehead atoms. The Morgan fingerprint density at radius 2 is 1.73 bits per heavy atom. The normalized spacial score (nSPS) is 15.2. The van der Waals surface area contributed by atoms with Crippen molar-refractivity contribution in [2.24, 2.45) is 0 Å². The minimum absolute atomic E-state index is 0.0466. The number of hydrogen-bond donors (Lipinski definition) is 3. The average Bonchev–Trinajstić information content (AvgIpc) is 3.42. The maximum absolute atomic E-state index is 12.8. The summed E-state index contributed by atoms with van der Waals surface area (Å²) in [4.78, 5) is 21.7. The number of aromatic hydroxyl groups is 1. The molecule has 186 valence electrons. The molecule has 8 nitrogen and oxygen atoms in total. The third-order valence-corrected chi connectivity index (χ3v) is 6.61. The van der Waals surface area contributed by atoms with Crippen molar-refractivity contribution in [1.82, 2.24) is 9.97 Å². The van der Waals surface area contributed by atoms with E-state index in [4.69, 9.17) is 9.47 Å². The fourth-order valence-corrected chi connectivity index (χ4v) is 4.66. The third-order valence-electron chi connectivity index (χ3n) is 6.61. The summed E-state index contributed by atoms with van der Waals surface area (Å²) in [6, 6.07) is 19.5. The fourth-order valence-electron chi connectivity index (χ4n) is 4.66. The quantitative estimate of drug-likeness (QED) is 0.311. The molecule has 3 aliphatic heterocycles. The minimum Gasteiger partial charge on any atom is -0.507 e. The first-order chi connectivity index (χ1) is 18.1. The summed E-state index contributed by atoms with van der Waals surface area (Å²) in [6.07, 6.45) is 6.32. The van der Waals surface area contributed by atoms with Gasteiger partial charge in [-0.05, 0) is 92.4 Å². The van der Waals surface area contributed by atoms with E-state index in [1.807, 2.05) is 30.3 Å². The van der Waals surface area contributed by atoms with Gasteiger partial charge < -0.3 is 25.2 Å². The largest absolute Gasteiger partial charge is 0.507 e. The third kappa shape index (κ3) is 5.04. The van der Waals surface area contributed by atoms with Gasteiger partial charge >= 0.3 is 0 Å². The molecule has 4 heterocycles. The Kier molecular flexibility index (Phi) is 6.06. The predicted octanol–water partition coefficient (Wildman–Crippen LogP) is 6.06. The second-order valence-corrected chi connectivity index (χ2v) is 9.24. The molecule has 8 heteroatoms. The highest BCUT2D eigenvalue weighted by molar-refractivity contribution is 6.05. The van der Waals surface area contributed by atoms with Crippen molar-refractivity contribution in [1.29, 1.82) is 0 Å². The van der Waals surface area contributed by atoms with Gasteiger partial charge in [0, 0.05) is 34.3 Å². The van der Waals surface area contributed by atoms with Gasteiger partial charge in [-0.25, -0.2) is 9.97 Å². The molecule has 4 aliphatic rings. The lowest BCUT2D eigenvalue weighted by Gasteiger charge is -2.18. The molecule has 1 fully saturated rings. The van der Waals surface area contributed by atoms with Crippen LogP contribution in [0.3, 0.4) is 0 Å².